The fourth-order valence-electron chi connectivity index (χ4n) is 4.43. The van der Waals surface area contributed by atoms with Gasteiger partial charge in [-0.05, 0) is 56.5 Å². The number of nitrogens with zero attached hydrogens (tertiary/aromatic N) is 5. The Hall–Kier alpha value is -2.44. The summed E-state index contributed by atoms with van der Waals surface area (Å²) >= 11 is 12.3. The molecule has 0 radical (unpaired) electrons. The topological polar surface area (TPSA) is 63.9 Å². The third-order valence-electron chi connectivity index (χ3n) is 5.73. The molecular formula is C21H19Cl2N5O. The summed E-state index contributed by atoms with van der Waals surface area (Å²) in [5.74, 6) is 1.50. The Morgan fingerprint density at radius 1 is 1.14 bits per heavy atom. The van der Waals surface area contributed by atoms with Crippen molar-refractivity contribution in [2.75, 3.05) is 0 Å². The van der Waals surface area contributed by atoms with Gasteiger partial charge in [0.2, 0.25) is 0 Å². The van der Waals surface area contributed by atoms with Crippen molar-refractivity contribution >= 4 is 29.1 Å². The van der Waals surface area contributed by atoms with Gasteiger partial charge >= 0.3 is 0 Å². The normalized spacial score (nSPS) is 20.4. The maximum Gasteiger partial charge on any atom is 0.256 e. The average Bonchev–Trinajstić information content (AvgIpc) is 3.10. The van der Waals surface area contributed by atoms with Crippen molar-refractivity contribution in [1.82, 2.24) is 24.6 Å². The first-order valence-electron chi connectivity index (χ1n) is 9.68. The van der Waals surface area contributed by atoms with E-state index in [1.54, 1.807) is 18.2 Å². The van der Waals surface area contributed by atoms with Gasteiger partial charge in [0.05, 0.1) is 22.7 Å². The third kappa shape index (κ3) is 3.11. The van der Waals surface area contributed by atoms with E-state index in [0.29, 0.717) is 22.2 Å². The number of carbonyl (C=O) groups excluding carboxylic acids is 1. The molecule has 0 aliphatic carbocycles. The number of benzene rings is 1. The van der Waals surface area contributed by atoms with E-state index in [-0.39, 0.29) is 18.0 Å². The Kier molecular flexibility index (Phi) is 4.56. The summed E-state index contributed by atoms with van der Waals surface area (Å²) in [4.78, 5) is 20.0. The predicted octanol–water partition coefficient (Wildman–Crippen LogP) is 4.70. The number of hydrogen-bond donors (Lipinski definition) is 0. The van der Waals surface area contributed by atoms with Crippen LogP contribution >= 0.6 is 23.2 Å². The summed E-state index contributed by atoms with van der Waals surface area (Å²) in [6.45, 7) is 2.61. The smallest absolute Gasteiger partial charge is 0.256 e. The standard InChI is InChI=1S/C21H19Cl2N5O/c1-12-4-2-6-17(24-12)19-25-26-20-18-7-3-5-14(11-27(19)20)28(18)21(29)15-9-8-13(22)10-16(15)23/h2,4,6,8-10,14,18H,3,5,7,11H2,1H3/t14-,18-/m0/s1. The van der Waals surface area contributed by atoms with Crippen molar-refractivity contribution in [2.24, 2.45) is 0 Å². The highest BCUT2D eigenvalue weighted by Gasteiger charge is 2.43. The van der Waals surface area contributed by atoms with Crippen LogP contribution in [0.25, 0.3) is 11.5 Å². The molecule has 1 saturated heterocycles. The number of pyridine rings is 1. The van der Waals surface area contributed by atoms with Crippen molar-refractivity contribution < 1.29 is 4.79 Å². The summed E-state index contributed by atoms with van der Waals surface area (Å²) < 4.78 is 2.13. The van der Waals surface area contributed by atoms with Crippen LogP contribution in [0, 0.1) is 6.92 Å². The molecule has 3 aromatic rings. The maximum atomic E-state index is 13.4. The van der Waals surface area contributed by atoms with Crippen LogP contribution < -0.4 is 0 Å². The fourth-order valence-corrected chi connectivity index (χ4v) is 4.92. The Bertz CT molecular complexity index is 1110. The predicted molar refractivity (Wildman–Crippen MR) is 111 cm³/mol. The van der Waals surface area contributed by atoms with Gasteiger partial charge < -0.3 is 9.47 Å². The Balaban J connectivity index is 1.55. The van der Waals surface area contributed by atoms with E-state index in [9.17, 15) is 4.79 Å². The van der Waals surface area contributed by atoms with Gasteiger partial charge in [0.25, 0.3) is 5.91 Å². The van der Waals surface area contributed by atoms with Crippen LogP contribution in [0.4, 0.5) is 0 Å². The van der Waals surface area contributed by atoms with E-state index in [4.69, 9.17) is 23.2 Å². The molecule has 2 aromatic heterocycles. The molecule has 2 atom stereocenters. The van der Waals surface area contributed by atoms with Crippen molar-refractivity contribution in [2.45, 2.75) is 44.8 Å². The van der Waals surface area contributed by atoms with Gasteiger partial charge in [0, 0.05) is 17.3 Å². The van der Waals surface area contributed by atoms with Crippen LogP contribution in [-0.4, -0.2) is 36.6 Å². The zero-order valence-electron chi connectivity index (χ0n) is 15.8. The SMILES string of the molecule is Cc1cccc(-c2nnc3n2C[C@@H]2CCC[C@@H]3N2C(=O)c2ccc(Cl)cc2Cl)n1. The van der Waals surface area contributed by atoms with Gasteiger partial charge in [-0.2, -0.15) is 0 Å². The van der Waals surface area contributed by atoms with Gasteiger partial charge in [-0.15, -0.1) is 10.2 Å². The molecule has 8 heteroatoms. The highest BCUT2D eigenvalue weighted by atomic mass is 35.5. The van der Waals surface area contributed by atoms with E-state index < -0.39 is 0 Å². The number of carbonyl (C=O) groups is 1. The number of amides is 1. The van der Waals surface area contributed by atoms with E-state index >= 15 is 0 Å². The van der Waals surface area contributed by atoms with Gasteiger partial charge in [0.15, 0.2) is 11.6 Å². The van der Waals surface area contributed by atoms with Crippen molar-refractivity contribution in [3.63, 3.8) is 0 Å². The molecule has 0 saturated carbocycles. The number of halogens is 2. The first-order chi connectivity index (χ1) is 14.0. The minimum Gasteiger partial charge on any atom is -0.324 e. The lowest BCUT2D eigenvalue weighted by atomic mass is 9.91. The second-order valence-electron chi connectivity index (χ2n) is 7.59. The molecule has 0 spiro atoms. The third-order valence-corrected chi connectivity index (χ3v) is 6.28. The van der Waals surface area contributed by atoms with Crippen LogP contribution in [0.5, 0.6) is 0 Å². The summed E-state index contributed by atoms with van der Waals surface area (Å²) in [5.41, 5.74) is 2.22. The molecule has 6 nitrogen and oxygen atoms in total. The summed E-state index contributed by atoms with van der Waals surface area (Å²) in [5, 5.41) is 9.79. The quantitative estimate of drug-likeness (QED) is 0.594. The molecule has 1 aromatic carbocycles. The van der Waals surface area contributed by atoms with Crippen LogP contribution in [0.15, 0.2) is 36.4 Å². The van der Waals surface area contributed by atoms with Gasteiger partial charge in [-0.1, -0.05) is 29.3 Å². The fraction of sp³-hybridized carbons (Fsp3) is 0.333. The monoisotopic (exact) mass is 427 g/mol. The molecule has 1 fully saturated rings. The number of rotatable bonds is 2. The van der Waals surface area contributed by atoms with Crippen LogP contribution in [0.2, 0.25) is 10.0 Å². The molecule has 2 aliphatic rings. The maximum absolute atomic E-state index is 13.4. The van der Waals surface area contributed by atoms with Gasteiger partial charge in [-0.25, -0.2) is 4.98 Å². The van der Waals surface area contributed by atoms with E-state index in [1.807, 2.05) is 30.0 Å². The lowest BCUT2D eigenvalue weighted by molar-refractivity contribution is 0.0289. The number of hydrogen-bond acceptors (Lipinski definition) is 4. The highest BCUT2D eigenvalue weighted by molar-refractivity contribution is 6.36. The lowest BCUT2D eigenvalue weighted by Gasteiger charge is -2.45. The minimum absolute atomic E-state index is 0.0695. The first-order valence-corrected chi connectivity index (χ1v) is 10.4. The molecule has 148 valence electrons. The molecule has 2 aliphatic heterocycles. The molecule has 5 rings (SSSR count). The van der Waals surface area contributed by atoms with Gasteiger partial charge in [-0.3, -0.25) is 4.79 Å². The van der Waals surface area contributed by atoms with E-state index in [2.05, 4.69) is 19.7 Å². The summed E-state index contributed by atoms with van der Waals surface area (Å²) in [6, 6.07) is 10.8. The second kappa shape index (κ2) is 7.11. The molecule has 2 bridgehead atoms. The number of fused-ring (bicyclic) bond motifs is 4. The Labute approximate surface area is 178 Å². The number of aryl methyl sites for hydroxylation is 1. The summed E-state index contributed by atoms with van der Waals surface area (Å²) in [7, 11) is 0. The highest BCUT2D eigenvalue weighted by Crippen LogP contribution is 2.41. The van der Waals surface area contributed by atoms with E-state index in [1.165, 1.54) is 0 Å². The lowest BCUT2D eigenvalue weighted by Crippen LogP contribution is -2.52. The van der Waals surface area contributed by atoms with Crippen LogP contribution in [0.3, 0.4) is 0 Å². The second-order valence-corrected chi connectivity index (χ2v) is 8.44. The molecule has 0 N–H and O–H groups in total. The summed E-state index contributed by atoms with van der Waals surface area (Å²) in [6.07, 6.45) is 2.84. The molecule has 29 heavy (non-hydrogen) atoms. The van der Waals surface area contributed by atoms with Crippen LogP contribution in [-0.2, 0) is 6.54 Å². The van der Waals surface area contributed by atoms with Crippen LogP contribution in [0.1, 0.15) is 47.2 Å². The zero-order valence-corrected chi connectivity index (χ0v) is 17.4. The Morgan fingerprint density at radius 3 is 2.79 bits per heavy atom. The van der Waals surface area contributed by atoms with Gasteiger partial charge in [0.1, 0.15) is 5.69 Å². The molecule has 1 amide bonds. The molecule has 4 heterocycles. The zero-order chi connectivity index (χ0) is 20.1. The van der Waals surface area contributed by atoms with Crippen molar-refractivity contribution in [3.8, 4) is 11.5 Å². The molecular weight excluding hydrogens is 409 g/mol. The average molecular weight is 428 g/mol. The van der Waals surface area contributed by atoms with Crippen molar-refractivity contribution in [3.05, 3.63) is 63.5 Å². The minimum atomic E-state index is -0.118. The first kappa shape index (κ1) is 18.6. The number of piperidine rings is 1. The molecule has 0 unspecified atom stereocenters. The van der Waals surface area contributed by atoms with E-state index in [0.717, 1.165) is 42.3 Å². The largest absolute Gasteiger partial charge is 0.324 e. The number of aromatic nitrogens is 4. The Morgan fingerprint density at radius 2 is 2.00 bits per heavy atom. The van der Waals surface area contributed by atoms with Crippen molar-refractivity contribution in [1.29, 1.82) is 0 Å².